The van der Waals surface area contributed by atoms with Crippen LogP contribution in [0.3, 0.4) is 0 Å². The molecule has 0 radical (unpaired) electrons. The molecule has 0 fully saturated rings. The zero-order chi connectivity index (χ0) is 26.9. The molecule has 11 heteroatoms. The Balaban J connectivity index is 1.35. The molecule has 0 saturated heterocycles. The molecule has 0 atom stereocenters. The van der Waals surface area contributed by atoms with E-state index in [0.29, 0.717) is 23.7 Å². The van der Waals surface area contributed by atoms with E-state index in [1.165, 1.54) is 24.3 Å². The molecule has 3 aromatic heterocycles. The van der Waals surface area contributed by atoms with Crippen molar-refractivity contribution in [2.75, 3.05) is 16.4 Å². The Morgan fingerprint density at radius 1 is 0.947 bits per heavy atom. The number of nitrogen functional groups attached to an aromatic ring is 1. The molecule has 0 saturated carbocycles. The van der Waals surface area contributed by atoms with Crippen LogP contribution in [0.15, 0.2) is 79.6 Å². The van der Waals surface area contributed by atoms with E-state index >= 15 is 0 Å². The largest absolute Gasteiger partial charge is 0.417 e. The van der Waals surface area contributed by atoms with Crippen LogP contribution in [0, 0.1) is 5.82 Å². The Kier molecular flexibility index (Phi) is 6.41. The SMILES string of the molecule is C=C(Nc1ccc(F)cc1)c1cc(C(F)(F)F)cnc1NCc1ccc(-c2cnc3n[nH]c(N)c3c2)cc1. The number of anilines is 3. The maximum atomic E-state index is 13.4. The maximum absolute atomic E-state index is 13.4. The summed E-state index contributed by atoms with van der Waals surface area (Å²) in [6.07, 6.45) is -2.11. The van der Waals surface area contributed by atoms with E-state index in [-0.39, 0.29) is 17.1 Å². The number of fused-ring (bicyclic) bond motifs is 1. The molecule has 0 aliphatic carbocycles. The van der Waals surface area contributed by atoms with Gasteiger partial charge in [-0.3, -0.25) is 5.10 Å². The van der Waals surface area contributed by atoms with Gasteiger partial charge in [0.2, 0.25) is 0 Å². The summed E-state index contributed by atoms with van der Waals surface area (Å²) >= 11 is 0. The van der Waals surface area contributed by atoms with Crippen LogP contribution in [0.4, 0.5) is 34.9 Å². The smallest absolute Gasteiger partial charge is 0.384 e. The third kappa shape index (κ3) is 5.26. The van der Waals surface area contributed by atoms with Gasteiger partial charge in [-0.25, -0.2) is 14.4 Å². The normalized spacial score (nSPS) is 11.5. The fourth-order valence-corrected chi connectivity index (χ4v) is 3.84. The van der Waals surface area contributed by atoms with Gasteiger partial charge in [0.25, 0.3) is 0 Å². The number of rotatable bonds is 7. The number of aromatic amines is 1. The van der Waals surface area contributed by atoms with Crippen molar-refractivity contribution < 1.29 is 17.6 Å². The highest BCUT2D eigenvalue weighted by Crippen LogP contribution is 2.33. The lowest BCUT2D eigenvalue weighted by molar-refractivity contribution is -0.137. The zero-order valence-corrected chi connectivity index (χ0v) is 19.8. The van der Waals surface area contributed by atoms with Gasteiger partial charge in [0.15, 0.2) is 5.65 Å². The summed E-state index contributed by atoms with van der Waals surface area (Å²) in [6.45, 7) is 4.17. The minimum absolute atomic E-state index is 0.137. The van der Waals surface area contributed by atoms with Gasteiger partial charge in [-0.1, -0.05) is 30.8 Å². The highest BCUT2D eigenvalue weighted by molar-refractivity contribution is 5.89. The van der Waals surface area contributed by atoms with E-state index in [2.05, 4.69) is 37.4 Å². The van der Waals surface area contributed by atoms with E-state index in [1.807, 2.05) is 30.3 Å². The van der Waals surface area contributed by atoms with Crippen LogP contribution in [0.25, 0.3) is 27.9 Å². The molecule has 7 nitrogen and oxygen atoms in total. The third-order valence-electron chi connectivity index (χ3n) is 5.87. The zero-order valence-electron chi connectivity index (χ0n) is 19.8. The number of nitrogens with two attached hydrogens (primary N) is 1. The van der Waals surface area contributed by atoms with Crippen molar-refractivity contribution in [2.45, 2.75) is 12.7 Å². The number of H-pyrrole nitrogens is 1. The molecule has 192 valence electrons. The van der Waals surface area contributed by atoms with Crippen LogP contribution >= 0.6 is 0 Å². The number of alkyl halides is 3. The fraction of sp³-hybridized carbons (Fsp3) is 0.0741. The molecule has 0 bridgehead atoms. The van der Waals surface area contributed by atoms with Gasteiger partial charge < -0.3 is 16.4 Å². The molecule has 2 aromatic carbocycles. The lowest BCUT2D eigenvalue weighted by atomic mass is 10.0. The summed E-state index contributed by atoms with van der Waals surface area (Å²) in [5.74, 6) is 0.218. The Labute approximate surface area is 214 Å². The Morgan fingerprint density at radius 2 is 1.68 bits per heavy atom. The first kappa shape index (κ1) is 24.8. The van der Waals surface area contributed by atoms with E-state index in [0.717, 1.165) is 34.3 Å². The molecule has 0 spiro atoms. The Bertz CT molecular complexity index is 1610. The summed E-state index contributed by atoms with van der Waals surface area (Å²) < 4.78 is 53.4. The summed E-state index contributed by atoms with van der Waals surface area (Å²) in [5.41, 5.74) is 8.95. The van der Waals surface area contributed by atoms with Crippen LogP contribution in [0.2, 0.25) is 0 Å². The van der Waals surface area contributed by atoms with Crippen molar-refractivity contribution in [1.82, 2.24) is 20.2 Å². The number of pyridine rings is 2. The van der Waals surface area contributed by atoms with Gasteiger partial charge in [-0.2, -0.15) is 18.3 Å². The van der Waals surface area contributed by atoms with Gasteiger partial charge in [-0.15, -0.1) is 0 Å². The van der Waals surface area contributed by atoms with E-state index in [9.17, 15) is 17.6 Å². The van der Waals surface area contributed by atoms with E-state index in [4.69, 9.17) is 5.73 Å². The summed E-state index contributed by atoms with van der Waals surface area (Å²) in [7, 11) is 0. The summed E-state index contributed by atoms with van der Waals surface area (Å²) in [5, 5.41) is 13.5. The monoisotopic (exact) mass is 519 g/mol. The first-order chi connectivity index (χ1) is 18.2. The molecule has 38 heavy (non-hydrogen) atoms. The predicted octanol–water partition coefficient (Wildman–Crippen LogP) is 6.45. The van der Waals surface area contributed by atoms with Crippen LogP contribution in [0.1, 0.15) is 16.7 Å². The number of nitrogens with one attached hydrogen (secondary N) is 3. The van der Waals surface area contributed by atoms with Gasteiger partial charge in [0.05, 0.1) is 10.9 Å². The number of nitrogens with zero attached hydrogens (tertiary/aromatic N) is 3. The first-order valence-corrected chi connectivity index (χ1v) is 11.4. The standard InChI is InChI=1S/C27H21F4N7/c1-15(36-21-8-6-20(28)7-9-21)22-11-19(27(29,30)31)14-35-25(22)33-12-16-2-4-17(5-3-16)18-10-23-24(32)37-38-26(23)34-13-18/h2-11,13-14,36H,1,12H2,(H,33,35)(H3,32,34,37,38). The van der Waals surface area contributed by atoms with E-state index < -0.39 is 17.6 Å². The fourth-order valence-electron chi connectivity index (χ4n) is 3.84. The molecule has 5 aromatic rings. The average molecular weight is 520 g/mol. The number of aromatic nitrogens is 4. The van der Waals surface area contributed by atoms with Crippen LogP contribution in [-0.2, 0) is 12.7 Å². The molecule has 0 aliphatic heterocycles. The molecule has 0 aliphatic rings. The minimum atomic E-state index is -4.58. The molecule has 0 amide bonds. The first-order valence-electron chi connectivity index (χ1n) is 11.4. The maximum Gasteiger partial charge on any atom is 0.417 e. The number of halogens is 4. The second kappa shape index (κ2) is 9.85. The predicted molar refractivity (Wildman–Crippen MR) is 139 cm³/mol. The molecular formula is C27H21F4N7. The van der Waals surface area contributed by atoms with Crippen LogP contribution in [0.5, 0.6) is 0 Å². The van der Waals surface area contributed by atoms with Crippen molar-refractivity contribution in [3.05, 3.63) is 102 Å². The van der Waals surface area contributed by atoms with Crippen molar-refractivity contribution in [3.63, 3.8) is 0 Å². The van der Waals surface area contributed by atoms with Crippen LogP contribution < -0.4 is 16.4 Å². The van der Waals surface area contributed by atoms with Crippen molar-refractivity contribution in [2.24, 2.45) is 0 Å². The summed E-state index contributed by atoms with van der Waals surface area (Å²) in [4.78, 5) is 8.32. The van der Waals surface area contributed by atoms with Crippen molar-refractivity contribution in [3.8, 4) is 11.1 Å². The lowest BCUT2D eigenvalue weighted by Gasteiger charge is -2.17. The highest BCUT2D eigenvalue weighted by atomic mass is 19.4. The Hall–Kier alpha value is -4.93. The molecule has 0 unspecified atom stereocenters. The molecule has 5 N–H and O–H groups in total. The Morgan fingerprint density at radius 3 is 2.39 bits per heavy atom. The van der Waals surface area contributed by atoms with E-state index in [1.54, 1.807) is 6.20 Å². The van der Waals surface area contributed by atoms with Crippen molar-refractivity contribution >= 4 is 34.1 Å². The summed E-state index contributed by atoms with van der Waals surface area (Å²) in [6, 6.07) is 15.9. The molecule has 5 rings (SSSR count). The molecule has 3 heterocycles. The highest BCUT2D eigenvalue weighted by Gasteiger charge is 2.32. The number of benzene rings is 2. The second-order valence-corrected chi connectivity index (χ2v) is 8.51. The second-order valence-electron chi connectivity index (χ2n) is 8.51. The van der Waals surface area contributed by atoms with Crippen LogP contribution in [-0.4, -0.2) is 20.2 Å². The van der Waals surface area contributed by atoms with Gasteiger partial charge >= 0.3 is 6.18 Å². The minimum Gasteiger partial charge on any atom is -0.384 e. The van der Waals surface area contributed by atoms with Crippen molar-refractivity contribution in [1.29, 1.82) is 0 Å². The molecular weight excluding hydrogens is 498 g/mol. The van der Waals surface area contributed by atoms with Gasteiger partial charge in [0.1, 0.15) is 17.5 Å². The van der Waals surface area contributed by atoms with Gasteiger partial charge in [0, 0.05) is 41.4 Å². The average Bonchev–Trinajstić information content (AvgIpc) is 3.28. The topological polar surface area (TPSA) is 105 Å². The third-order valence-corrected chi connectivity index (χ3v) is 5.87. The lowest BCUT2D eigenvalue weighted by Crippen LogP contribution is -2.11. The number of hydrogen-bond acceptors (Lipinski definition) is 6. The van der Waals surface area contributed by atoms with Gasteiger partial charge in [-0.05, 0) is 47.5 Å². The number of hydrogen-bond donors (Lipinski definition) is 4. The quantitative estimate of drug-likeness (QED) is 0.184.